The molecular weight excluding hydrogens is 298 g/mol. The maximum atomic E-state index is 12.4. The van der Waals surface area contributed by atoms with Crippen LogP contribution in [0.4, 0.5) is 5.69 Å². The molecule has 0 atom stereocenters. The molecule has 0 aliphatic rings. The van der Waals surface area contributed by atoms with Gasteiger partial charge in [-0.2, -0.15) is 0 Å². The van der Waals surface area contributed by atoms with Crippen molar-refractivity contribution in [3.63, 3.8) is 0 Å². The van der Waals surface area contributed by atoms with Crippen molar-refractivity contribution in [3.8, 4) is 5.75 Å². The van der Waals surface area contributed by atoms with Gasteiger partial charge >= 0.3 is 5.69 Å². The Morgan fingerprint density at radius 2 is 1.83 bits per heavy atom. The number of hydrogen-bond donors (Lipinski definition) is 1. The van der Waals surface area contributed by atoms with E-state index in [2.05, 4.69) is 5.32 Å². The molecule has 2 rings (SSSR count). The van der Waals surface area contributed by atoms with E-state index in [1.54, 1.807) is 24.3 Å². The summed E-state index contributed by atoms with van der Waals surface area (Å²) in [7, 11) is 2.81. The van der Waals surface area contributed by atoms with Gasteiger partial charge in [0.15, 0.2) is 0 Å². The highest BCUT2D eigenvalue weighted by Crippen LogP contribution is 2.25. The lowest BCUT2D eigenvalue weighted by Crippen LogP contribution is -2.40. The third kappa shape index (κ3) is 3.50. The fourth-order valence-electron chi connectivity index (χ4n) is 2.08. The highest BCUT2D eigenvalue weighted by Gasteiger charge is 2.16. The highest BCUT2D eigenvalue weighted by molar-refractivity contribution is 6.04. The van der Waals surface area contributed by atoms with Gasteiger partial charge in [0.05, 0.1) is 11.8 Å². The van der Waals surface area contributed by atoms with Crippen LogP contribution in [0.25, 0.3) is 0 Å². The van der Waals surface area contributed by atoms with Crippen LogP contribution in [-0.4, -0.2) is 21.1 Å². The van der Waals surface area contributed by atoms with E-state index in [4.69, 9.17) is 4.74 Å². The first kappa shape index (κ1) is 16.5. The molecule has 1 aromatic carbocycles. The van der Waals surface area contributed by atoms with Gasteiger partial charge in [0.1, 0.15) is 11.3 Å². The summed E-state index contributed by atoms with van der Waals surface area (Å²) >= 11 is 0. The second-order valence-corrected chi connectivity index (χ2v) is 5.42. The minimum atomic E-state index is -0.646. The molecule has 0 spiro atoms. The number of nitrogens with one attached hydrogen (secondary N) is 1. The lowest BCUT2D eigenvalue weighted by molar-refractivity contribution is 0.102. The van der Waals surface area contributed by atoms with Crippen molar-refractivity contribution in [3.05, 3.63) is 56.9 Å². The zero-order valence-corrected chi connectivity index (χ0v) is 13.5. The quantitative estimate of drug-likeness (QED) is 0.916. The Balaban J connectivity index is 2.38. The van der Waals surface area contributed by atoms with Crippen LogP contribution in [-0.2, 0) is 14.1 Å². The number of rotatable bonds is 4. The number of aryl methyl sites for hydroxylation is 1. The Kier molecular flexibility index (Phi) is 4.68. The molecule has 1 N–H and O–H groups in total. The van der Waals surface area contributed by atoms with Crippen LogP contribution in [0.15, 0.2) is 40.1 Å². The van der Waals surface area contributed by atoms with Crippen LogP contribution >= 0.6 is 0 Å². The fraction of sp³-hybridized carbons (Fsp3) is 0.312. The molecule has 2 aromatic rings. The number of carbonyl (C=O) groups excluding carboxylic acids is 1. The minimum absolute atomic E-state index is 0.0570. The topological polar surface area (TPSA) is 82.3 Å². The third-order valence-corrected chi connectivity index (χ3v) is 3.19. The predicted octanol–water partition coefficient (Wildman–Crippen LogP) is 1.12. The lowest BCUT2D eigenvalue weighted by atomic mass is 10.2. The highest BCUT2D eigenvalue weighted by atomic mass is 16.5. The van der Waals surface area contributed by atoms with Crippen LogP contribution in [0, 0.1) is 0 Å². The summed E-state index contributed by atoms with van der Waals surface area (Å²) in [5, 5.41) is 2.65. The summed E-state index contributed by atoms with van der Waals surface area (Å²) in [6.07, 6.45) is 1.17. The van der Waals surface area contributed by atoms with E-state index in [1.807, 2.05) is 13.8 Å². The Bertz CT molecular complexity index is 849. The molecule has 7 heteroatoms. The molecule has 0 saturated heterocycles. The van der Waals surface area contributed by atoms with Gasteiger partial charge < -0.3 is 14.6 Å². The van der Waals surface area contributed by atoms with Gasteiger partial charge in [0.2, 0.25) is 0 Å². The summed E-state index contributed by atoms with van der Waals surface area (Å²) in [4.78, 5) is 36.2. The van der Waals surface area contributed by atoms with E-state index in [0.29, 0.717) is 11.4 Å². The van der Waals surface area contributed by atoms with Crippen LogP contribution < -0.4 is 21.3 Å². The molecule has 23 heavy (non-hydrogen) atoms. The zero-order chi connectivity index (χ0) is 17.1. The second kappa shape index (κ2) is 6.51. The van der Waals surface area contributed by atoms with E-state index in [0.717, 1.165) is 4.57 Å². The number of anilines is 1. The van der Waals surface area contributed by atoms with E-state index < -0.39 is 17.2 Å². The number of nitrogens with zero attached hydrogens (tertiary/aromatic N) is 2. The van der Waals surface area contributed by atoms with Crippen molar-refractivity contribution < 1.29 is 9.53 Å². The first-order valence-electron chi connectivity index (χ1n) is 7.15. The molecule has 0 aliphatic heterocycles. The molecular formula is C16H19N3O4. The van der Waals surface area contributed by atoms with Gasteiger partial charge in [-0.25, -0.2) is 4.79 Å². The van der Waals surface area contributed by atoms with Crippen molar-refractivity contribution in [2.75, 3.05) is 5.32 Å². The first-order valence-corrected chi connectivity index (χ1v) is 7.15. The molecule has 0 saturated carbocycles. The van der Waals surface area contributed by atoms with Crippen molar-refractivity contribution in [2.45, 2.75) is 20.0 Å². The normalized spacial score (nSPS) is 10.7. The third-order valence-electron chi connectivity index (χ3n) is 3.19. The second-order valence-electron chi connectivity index (χ2n) is 5.42. The molecule has 0 aliphatic carbocycles. The molecule has 122 valence electrons. The van der Waals surface area contributed by atoms with Gasteiger partial charge in [-0.3, -0.25) is 14.2 Å². The van der Waals surface area contributed by atoms with Gasteiger partial charge in [-0.05, 0) is 26.0 Å². The zero-order valence-electron chi connectivity index (χ0n) is 13.5. The Hall–Kier alpha value is -2.83. The van der Waals surface area contributed by atoms with Gasteiger partial charge in [0.25, 0.3) is 11.5 Å². The minimum Gasteiger partial charge on any atom is -0.489 e. The number of amides is 1. The molecule has 0 bridgehead atoms. The van der Waals surface area contributed by atoms with Crippen LogP contribution in [0.1, 0.15) is 24.2 Å². The van der Waals surface area contributed by atoms with Crippen molar-refractivity contribution in [1.29, 1.82) is 0 Å². The number of ether oxygens (including phenoxy) is 1. The summed E-state index contributed by atoms with van der Waals surface area (Å²) < 4.78 is 7.71. The molecule has 7 nitrogen and oxygen atoms in total. The lowest BCUT2D eigenvalue weighted by Gasteiger charge is -2.15. The fourth-order valence-corrected chi connectivity index (χ4v) is 2.08. The van der Waals surface area contributed by atoms with E-state index in [9.17, 15) is 14.4 Å². The first-order chi connectivity index (χ1) is 10.8. The summed E-state index contributed by atoms with van der Waals surface area (Å²) in [5.41, 5.74) is -0.793. The maximum absolute atomic E-state index is 12.4. The Labute approximate surface area is 133 Å². The summed E-state index contributed by atoms with van der Waals surface area (Å²) in [6, 6.07) is 6.96. The molecule has 0 fully saturated rings. The molecule has 0 radical (unpaired) electrons. The van der Waals surface area contributed by atoms with Crippen molar-refractivity contribution in [2.24, 2.45) is 14.1 Å². The van der Waals surface area contributed by atoms with E-state index in [1.165, 1.54) is 24.9 Å². The van der Waals surface area contributed by atoms with Crippen molar-refractivity contribution >= 4 is 11.6 Å². The summed E-state index contributed by atoms with van der Waals surface area (Å²) in [6.45, 7) is 3.75. The molecule has 1 aromatic heterocycles. The van der Waals surface area contributed by atoms with Gasteiger partial charge in [-0.15, -0.1) is 0 Å². The average molecular weight is 317 g/mol. The van der Waals surface area contributed by atoms with E-state index >= 15 is 0 Å². The van der Waals surface area contributed by atoms with Crippen LogP contribution in [0.2, 0.25) is 0 Å². The smallest absolute Gasteiger partial charge is 0.330 e. The Morgan fingerprint density at radius 3 is 2.48 bits per heavy atom. The maximum Gasteiger partial charge on any atom is 0.330 e. The molecule has 0 unspecified atom stereocenters. The van der Waals surface area contributed by atoms with Crippen LogP contribution in [0.3, 0.4) is 0 Å². The van der Waals surface area contributed by atoms with Crippen LogP contribution in [0.5, 0.6) is 5.75 Å². The van der Waals surface area contributed by atoms with E-state index in [-0.39, 0.29) is 11.7 Å². The number of benzene rings is 1. The number of carbonyl (C=O) groups is 1. The number of para-hydroxylation sites is 2. The largest absolute Gasteiger partial charge is 0.489 e. The van der Waals surface area contributed by atoms with Crippen molar-refractivity contribution in [1.82, 2.24) is 9.13 Å². The standard InChI is InChI=1S/C16H19N3O4/c1-10(2)23-13-8-6-5-7-12(13)17-14(20)11-9-18(3)16(22)19(4)15(11)21/h5-10H,1-4H3,(H,17,20). The predicted molar refractivity (Wildman–Crippen MR) is 87.1 cm³/mol. The summed E-state index contributed by atoms with van der Waals surface area (Å²) in [5.74, 6) is -0.0847. The SMILES string of the molecule is CC(C)Oc1ccccc1NC(=O)c1cn(C)c(=O)n(C)c1=O. The number of hydrogen-bond acceptors (Lipinski definition) is 4. The average Bonchev–Trinajstić information content (AvgIpc) is 2.50. The Morgan fingerprint density at radius 1 is 1.17 bits per heavy atom. The molecule has 1 heterocycles. The van der Waals surface area contributed by atoms with Gasteiger partial charge in [0, 0.05) is 20.3 Å². The van der Waals surface area contributed by atoms with Gasteiger partial charge in [-0.1, -0.05) is 12.1 Å². The molecule has 1 amide bonds. The number of aromatic nitrogens is 2. The monoisotopic (exact) mass is 317 g/mol.